The van der Waals surface area contributed by atoms with E-state index in [2.05, 4.69) is 4.90 Å². The van der Waals surface area contributed by atoms with Gasteiger partial charge in [-0.3, -0.25) is 14.9 Å². The number of amides is 1. The maximum atomic E-state index is 12.5. The Kier molecular flexibility index (Phi) is 5.42. The molecule has 0 N–H and O–H groups in total. The van der Waals surface area contributed by atoms with E-state index in [0.717, 1.165) is 11.3 Å². The Bertz CT molecular complexity index is 815. The average Bonchev–Trinajstić information content (AvgIpc) is 2.63. The number of nitrogens with zero attached hydrogens (tertiary/aromatic N) is 3. The maximum Gasteiger partial charge on any atom is 0.271 e. The third-order valence-electron chi connectivity index (χ3n) is 4.59. The number of aryl methyl sites for hydroxylation is 1. The van der Waals surface area contributed by atoms with Gasteiger partial charge in [-0.25, -0.2) is 0 Å². The topological polar surface area (TPSA) is 66.7 Å². The molecule has 0 unspecified atom stereocenters. The van der Waals surface area contributed by atoms with Crippen LogP contribution in [0.4, 0.5) is 11.4 Å². The molecule has 6 nitrogen and oxygen atoms in total. The molecule has 26 heavy (non-hydrogen) atoms. The van der Waals surface area contributed by atoms with Crippen molar-refractivity contribution in [2.75, 3.05) is 31.1 Å². The Morgan fingerprint density at radius 3 is 2.35 bits per heavy atom. The van der Waals surface area contributed by atoms with Crippen molar-refractivity contribution in [2.45, 2.75) is 13.3 Å². The molecule has 3 rings (SSSR count). The molecular weight excluding hydrogens is 354 g/mol. The predicted octanol–water partition coefficient (Wildman–Crippen LogP) is 3.45. The number of halogens is 1. The predicted molar refractivity (Wildman–Crippen MR) is 102 cm³/mol. The summed E-state index contributed by atoms with van der Waals surface area (Å²) in [5, 5.41) is 11.2. The number of anilines is 1. The van der Waals surface area contributed by atoms with Gasteiger partial charge in [-0.2, -0.15) is 0 Å². The second-order valence-electron chi connectivity index (χ2n) is 6.42. The summed E-state index contributed by atoms with van der Waals surface area (Å²) in [6.07, 6.45) is 0.401. The lowest BCUT2D eigenvalue weighted by molar-refractivity contribution is -0.384. The lowest BCUT2D eigenvalue weighted by Crippen LogP contribution is -2.49. The zero-order valence-electron chi connectivity index (χ0n) is 14.5. The molecule has 7 heteroatoms. The number of hydrogen-bond donors (Lipinski definition) is 0. The summed E-state index contributed by atoms with van der Waals surface area (Å²) >= 11 is 6.20. The Labute approximate surface area is 157 Å². The number of nitro groups is 1. The van der Waals surface area contributed by atoms with Crippen LogP contribution in [-0.2, 0) is 11.2 Å². The van der Waals surface area contributed by atoms with Crippen LogP contribution in [0.1, 0.15) is 11.1 Å². The quantitative estimate of drug-likeness (QED) is 0.608. The molecule has 1 amide bonds. The number of piperazine rings is 1. The lowest BCUT2D eigenvalue weighted by atomic mass is 10.1. The van der Waals surface area contributed by atoms with Gasteiger partial charge in [0.05, 0.1) is 22.1 Å². The van der Waals surface area contributed by atoms with Crippen LogP contribution in [0.5, 0.6) is 0 Å². The molecule has 0 saturated carbocycles. The van der Waals surface area contributed by atoms with E-state index in [1.54, 1.807) is 6.07 Å². The molecule has 0 atom stereocenters. The van der Waals surface area contributed by atoms with E-state index in [9.17, 15) is 14.9 Å². The van der Waals surface area contributed by atoms with Crippen LogP contribution in [0.15, 0.2) is 42.5 Å². The third kappa shape index (κ3) is 4.14. The molecular formula is C19H20ClN3O3. The van der Waals surface area contributed by atoms with Crippen molar-refractivity contribution in [1.29, 1.82) is 0 Å². The van der Waals surface area contributed by atoms with Crippen LogP contribution in [-0.4, -0.2) is 41.9 Å². The van der Waals surface area contributed by atoms with E-state index >= 15 is 0 Å². The van der Waals surface area contributed by atoms with Gasteiger partial charge in [0.1, 0.15) is 0 Å². The van der Waals surface area contributed by atoms with Gasteiger partial charge in [0, 0.05) is 38.3 Å². The summed E-state index contributed by atoms with van der Waals surface area (Å²) < 4.78 is 0. The van der Waals surface area contributed by atoms with Crippen LogP contribution in [0, 0.1) is 17.0 Å². The second kappa shape index (κ2) is 7.74. The van der Waals surface area contributed by atoms with Crippen molar-refractivity contribution in [1.82, 2.24) is 4.90 Å². The number of rotatable bonds is 4. The van der Waals surface area contributed by atoms with Gasteiger partial charge < -0.3 is 9.80 Å². The number of carbonyl (C=O) groups is 1. The van der Waals surface area contributed by atoms with E-state index < -0.39 is 4.92 Å². The van der Waals surface area contributed by atoms with Gasteiger partial charge in [0.2, 0.25) is 5.91 Å². The molecule has 0 aliphatic carbocycles. The van der Waals surface area contributed by atoms with Crippen LogP contribution < -0.4 is 4.90 Å². The highest BCUT2D eigenvalue weighted by Gasteiger charge is 2.23. The fraction of sp³-hybridized carbons (Fsp3) is 0.316. The van der Waals surface area contributed by atoms with Gasteiger partial charge in [0.25, 0.3) is 5.69 Å². The molecule has 0 spiro atoms. The van der Waals surface area contributed by atoms with Gasteiger partial charge >= 0.3 is 0 Å². The average molecular weight is 374 g/mol. The van der Waals surface area contributed by atoms with E-state index in [1.807, 2.05) is 36.1 Å². The highest BCUT2D eigenvalue weighted by Crippen LogP contribution is 2.30. The summed E-state index contributed by atoms with van der Waals surface area (Å²) in [6, 6.07) is 12.5. The first-order valence-electron chi connectivity index (χ1n) is 8.46. The van der Waals surface area contributed by atoms with Gasteiger partial charge in [0.15, 0.2) is 0 Å². The second-order valence-corrected chi connectivity index (χ2v) is 6.83. The summed E-state index contributed by atoms with van der Waals surface area (Å²) in [4.78, 5) is 26.8. The van der Waals surface area contributed by atoms with Crippen LogP contribution in [0.3, 0.4) is 0 Å². The minimum Gasteiger partial charge on any atom is -0.367 e. The Morgan fingerprint density at radius 2 is 1.77 bits per heavy atom. The van der Waals surface area contributed by atoms with E-state index in [0.29, 0.717) is 37.6 Å². The molecule has 2 aromatic rings. The number of non-ortho nitro benzene ring substituents is 1. The highest BCUT2D eigenvalue weighted by atomic mass is 35.5. The molecule has 2 aromatic carbocycles. The van der Waals surface area contributed by atoms with Crippen molar-refractivity contribution < 1.29 is 9.72 Å². The molecule has 1 aliphatic rings. The fourth-order valence-corrected chi connectivity index (χ4v) is 3.35. The summed E-state index contributed by atoms with van der Waals surface area (Å²) in [5.41, 5.74) is 2.93. The summed E-state index contributed by atoms with van der Waals surface area (Å²) in [6.45, 7) is 4.54. The standard InChI is InChI=1S/C19H20ClN3O3/c1-14-2-4-15(5-3-14)12-19(24)22-10-8-21(9-11-22)18-7-6-16(23(25)26)13-17(18)20/h2-7,13H,8-12H2,1H3. The SMILES string of the molecule is Cc1ccc(CC(=O)N2CCN(c3ccc([N+](=O)[O-])cc3Cl)CC2)cc1. The zero-order valence-corrected chi connectivity index (χ0v) is 15.3. The minimum absolute atomic E-state index is 0.0225. The van der Waals surface area contributed by atoms with Crippen LogP contribution in [0.2, 0.25) is 5.02 Å². The van der Waals surface area contributed by atoms with Gasteiger partial charge in [-0.1, -0.05) is 41.4 Å². The summed E-state index contributed by atoms with van der Waals surface area (Å²) in [7, 11) is 0. The largest absolute Gasteiger partial charge is 0.367 e. The normalized spacial score (nSPS) is 14.4. The minimum atomic E-state index is -0.461. The number of carbonyl (C=O) groups excluding carboxylic acids is 1. The van der Waals surface area contributed by atoms with Crippen LogP contribution >= 0.6 is 11.6 Å². The number of hydrogen-bond acceptors (Lipinski definition) is 4. The number of benzene rings is 2. The molecule has 136 valence electrons. The molecule has 1 saturated heterocycles. The van der Waals surface area contributed by atoms with E-state index in [-0.39, 0.29) is 11.6 Å². The zero-order chi connectivity index (χ0) is 18.7. The molecule has 1 heterocycles. The van der Waals surface area contributed by atoms with Crippen molar-refractivity contribution >= 4 is 28.9 Å². The highest BCUT2D eigenvalue weighted by molar-refractivity contribution is 6.33. The molecule has 1 aliphatic heterocycles. The lowest BCUT2D eigenvalue weighted by Gasteiger charge is -2.36. The molecule has 0 bridgehead atoms. The monoisotopic (exact) mass is 373 g/mol. The molecule has 1 fully saturated rings. The smallest absolute Gasteiger partial charge is 0.271 e. The first kappa shape index (κ1) is 18.2. The third-order valence-corrected chi connectivity index (χ3v) is 4.89. The first-order valence-corrected chi connectivity index (χ1v) is 8.84. The fourth-order valence-electron chi connectivity index (χ4n) is 3.05. The van der Waals surface area contributed by atoms with E-state index in [4.69, 9.17) is 11.6 Å². The van der Waals surface area contributed by atoms with Crippen molar-refractivity contribution in [2.24, 2.45) is 0 Å². The Hall–Kier alpha value is -2.60. The Balaban J connectivity index is 1.59. The number of nitro benzene ring substituents is 1. The first-order chi connectivity index (χ1) is 12.4. The van der Waals surface area contributed by atoms with E-state index in [1.165, 1.54) is 17.7 Å². The van der Waals surface area contributed by atoms with Crippen molar-refractivity contribution in [3.8, 4) is 0 Å². The van der Waals surface area contributed by atoms with Gasteiger partial charge in [-0.15, -0.1) is 0 Å². The van der Waals surface area contributed by atoms with Crippen LogP contribution in [0.25, 0.3) is 0 Å². The Morgan fingerprint density at radius 1 is 1.12 bits per heavy atom. The molecule has 0 radical (unpaired) electrons. The molecule has 0 aromatic heterocycles. The summed E-state index contributed by atoms with van der Waals surface area (Å²) in [5.74, 6) is 0.114. The van der Waals surface area contributed by atoms with Crippen molar-refractivity contribution in [3.05, 3.63) is 68.7 Å². The van der Waals surface area contributed by atoms with Crippen molar-refractivity contribution in [3.63, 3.8) is 0 Å². The maximum absolute atomic E-state index is 12.5. The van der Waals surface area contributed by atoms with Gasteiger partial charge in [-0.05, 0) is 18.6 Å².